The molecular formula is C16H27N5O3S. The van der Waals surface area contributed by atoms with Gasteiger partial charge in [-0.15, -0.1) is 0 Å². The van der Waals surface area contributed by atoms with Crippen LogP contribution in [0.2, 0.25) is 0 Å². The zero-order valence-corrected chi connectivity index (χ0v) is 15.7. The summed E-state index contributed by atoms with van der Waals surface area (Å²) in [4.78, 5) is 14.7. The summed E-state index contributed by atoms with van der Waals surface area (Å²) in [6.07, 6.45) is 2.51. The summed E-state index contributed by atoms with van der Waals surface area (Å²) in [5.74, 6) is -0.0516. The number of nitrogens with one attached hydrogen (secondary N) is 2. The molecule has 0 aromatic carbocycles. The topological polar surface area (TPSA) is 80.7 Å². The normalized spacial score (nSPS) is 14.4. The Balaban J connectivity index is 1.97. The van der Waals surface area contributed by atoms with Crippen LogP contribution < -0.4 is 10.6 Å². The molecule has 2 rings (SSSR count). The lowest BCUT2D eigenvalue weighted by Crippen LogP contribution is -2.42. The molecule has 0 saturated carbocycles. The van der Waals surface area contributed by atoms with Crippen LogP contribution in [0.1, 0.15) is 30.8 Å². The van der Waals surface area contributed by atoms with Crippen LogP contribution in [-0.4, -0.2) is 71.8 Å². The number of hydrogen-bond donors (Lipinski definition) is 2. The lowest BCUT2D eigenvalue weighted by atomic mass is 10.3. The summed E-state index contributed by atoms with van der Waals surface area (Å²) in [6, 6.07) is 0. The van der Waals surface area contributed by atoms with Gasteiger partial charge in [-0.3, -0.25) is 9.48 Å². The van der Waals surface area contributed by atoms with E-state index >= 15 is 0 Å². The SMILES string of the molecule is CCOCCCNC(=S)Nc1cnn(CC)c1C(=O)N1CCOCC1. The molecule has 0 atom stereocenters. The zero-order chi connectivity index (χ0) is 18.1. The fourth-order valence-electron chi connectivity index (χ4n) is 2.55. The maximum atomic E-state index is 12.9. The van der Waals surface area contributed by atoms with Gasteiger partial charge in [-0.2, -0.15) is 5.10 Å². The van der Waals surface area contributed by atoms with E-state index in [1.165, 1.54) is 0 Å². The second kappa shape index (κ2) is 10.3. The van der Waals surface area contributed by atoms with E-state index in [9.17, 15) is 4.79 Å². The van der Waals surface area contributed by atoms with E-state index in [-0.39, 0.29) is 5.91 Å². The number of carbonyl (C=O) groups excluding carboxylic acids is 1. The largest absolute Gasteiger partial charge is 0.382 e. The minimum atomic E-state index is -0.0516. The Morgan fingerprint density at radius 1 is 1.40 bits per heavy atom. The number of nitrogens with zero attached hydrogens (tertiary/aromatic N) is 3. The lowest BCUT2D eigenvalue weighted by Gasteiger charge is -2.27. The number of aryl methyl sites for hydroxylation is 1. The van der Waals surface area contributed by atoms with Crippen LogP contribution in [-0.2, 0) is 16.0 Å². The summed E-state index contributed by atoms with van der Waals surface area (Å²) in [7, 11) is 0. The van der Waals surface area contributed by atoms with Crippen LogP contribution in [0.15, 0.2) is 6.20 Å². The Morgan fingerprint density at radius 2 is 2.16 bits per heavy atom. The van der Waals surface area contributed by atoms with Crippen molar-refractivity contribution in [2.24, 2.45) is 0 Å². The second-order valence-corrected chi connectivity index (χ2v) is 5.97. The first-order valence-electron chi connectivity index (χ1n) is 8.72. The van der Waals surface area contributed by atoms with E-state index in [1.54, 1.807) is 15.8 Å². The highest BCUT2D eigenvalue weighted by Gasteiger charge is 2.25. The average Bonchev–Trinajstić information content (AvgIpc) is 3.04. The van der Waals surface area contributed by atoms with Gasteiger partial charge in [0.25, 0.3) is 5.91 Å². The van der Waals surface area contributed by atoms with E-state index in [1.807, 2.05) is 13.8 Å². The molecule has 1 aliphatic rings. The molecule has 1 aromatic rings. The molecule has 0 unspecified atom stereocenters. The van der Waals surface area contributed by atoms with Gasteiger partial charge in [0.05, 0.1) is 25.1 Å². The van der Waals surface area contributed by atoms with Crippen molar-refractivity contribution < 1.29 is 14.3 Å². The molecule has 1 saturated heterocycles. The number of ether oxygens (including phenoxy) is 2. The predicted molar refractivity (Wildman–Crippen MR) is 100.0 cm³/mol. The number of rotatable bonds is 8. The highest BCUT2D eigenvalue weighted by molar-refractivity contribution is 7.80. The zero-order valence-electron chi connectivity index (χ0n) is 14.9. The van der Waals surface area contributed by atoms with Crippen LogP contribution >= 0.6 is 12.2 Å². The molecule has 0 radical (unpaired) electrons. The number of anilines is 1. The number of amides is 1. The van der Waals surface area contributed by atoms with Crippen molar-refractivity contribution >= 4 is 28.9 Å². The third-order valence-electron chi connectivity index (χ3n) is 3.84. The summed E-state index contributed by atoms with van der Waals surface area (Å²) >= 11 is 5.32. The summed E-state index contributed by atoms with van der Waals surface area (Å²) in [6.45, 7) is 8.97. The van der Waals surface area contributed by atoms with E-state index in [2.05, 4.69) is 15.7 Å². The fourth-order valence-corrected chi connectivity index (χ4v) is 2.76. The van der Waals surface area contributed by atoms with Crippen molar-refractivity contribution in [2.45, 2.75) is 26.8 Å². The van der Waals surface area contributed by atoms with Gasteiger partial charge in [0.15, 0.2) is 5.11 Å². The van der Waals surface area contributed by atoms with Crippen molar-refractivity contribution in [2.75, 3.05) is 51.4 Å². The van der Waals surface area contributed by atoms with Crippen molar-refractivity contribution in [3.63, 3.8) is 0 Å². The number of aromatic nitrogens is 2. The molecule has 1 aromatic heterocycles. The summed E-state index contributed by atoms with van der Waals surface area (Å²) in [5.41, 5.74) is 1.16. The summed E-state index contributed by atoms with van der Waals surface area (Å²) in [5, 5.41) is 11.0. The van der Waals surface area contributed by atoms with Crippen LogP contribution in [0.25, 0.3) is 0 Å². The lowest BCUT2D eigenvalue weighted by molar-refractivity contribution is 0.0295. The Hall–Kier alpha value is -1.71. The van der Waals surface area contributed by atoms with Crippen LogP contribution in [0, 0.1) is 0 Å². The van der Waals surface area contributed by atoms with E-state index in [0.717, 1.165) is 6.42 Å². The van der Waals surface area contributed by atoms with Gasteiger partial charge in [0, 0.05) is 39.4 Å². The molecule has 2 heterocycles. The van der Waals surface area contributed by atoms with Gasteiger partial charge in [0.1, 0.15) is 5.69 Å². The van der Waals surface area contributed by atoms with Crippen molar-refractivity contribution in [1.82, 2.24) is 20.0 Å². The van der Waals surface area contributed by atoms with Gasteiger partial charge >= 0.3 is 0 Å². The quantitative estimate of drug-likeness (QED) is 0.524. The average molecular weight is 369 g/mol. The predicted octanol–water partition coefficient (Wildman–Crippen LogP) is 1.09. The van der Waals surface area contributed by atoms with E-state index in [4.69, 9.17) is 21.7 Å². The first kappa shape index (κ1) is 19.6. The third kappa shape index (κ3) is 5.65. The van der Waals surface area contributed by atoms with Gasteiger partial charge < -0.3 is 25.0 Å². The Kier molecular flexibility index (Phi) is 8.10. The molecule has 9 heteroatoms. The molecular weight excluding hydrogens is 342 g/mol. The molecule has 1 aliphatic heterocycles. The highest BCUT2D eigenvalue weighted by Crippen LogP contribution is 2.18. The van der Waals surface area contributed by atoms with Gasteiger partial charge in [0.2, 0.25) is 0 Å². The van der Waals surface area contributed by atoms with Crippen molar-refractivity contribution in [3.05, 3.63) is 11.9 Å². The maximum Gasteiger partial charge on any atom is 0.274 e. The number of morpholine rings is 1. The molecule has 0 spiro atoms. The minimum absolute atomic E-state index is 0.0516. The van der Waals surface area contributed by atoms with E-state index in [0.29, 0.717) is 69.1 Å². The molecule has 0 bridgehead atoms. The minimum Gasteiger partial charge on any atom is -0.382 e. The molecule has 140 valence electrons. The second-order valence-electron chi connectivity index (χ2n) is 5.56. The van der Waals surface area contributed by atoms with Crippen LogP contribution in [0.3, 0.4) is 0 Å². The first-order chi connectivity index (χ1) is 12.2. The maximum absolute atomic E-state index is 12.9. The van der Waals surface area contributed by atoms with E-state index < -0.39 is 0 Å². The summed E-state index contributed by atoms with van der Waals surface area (Å²) < 4.78 is 12.3. The van der Waals surface area contributed by atoms with Crippen LogP contribution in [0.5, 0.6) is 0 Å². The van der Waals surface area contributed by atoms with Gasteiger partial charge in [-0.25, -0.2) is 0 Å². The number of hydrogen-bond acceptors (Lipinski definition) is 5. The standard InChI is InChI=1S/C16H27N5O3S/c1-3-21-14(15(22)20-7-10-24-11-8-20)13(12-18-21)19-16(25)17-6-5-9-23-4-2/h12H,3-11H2,1-2H3,(H2,17,19,25). The monoisotopic (exact) mass is 369 g/mol. The molecule has 0 aliphatic carbocycles. The number of carbonyl (C=O) groups is 1. The smallest absolute Gasteiger partial charge is 0.274 e. The molecule has 25 heavy (non-hydrogen) atoms. The molecule has 1 fully saturated rings. The van der Waals surface area contributed by atoms with Gasteiger partial charge in [-0.1, -0.05) is 0 Å². The van der Waals surface area contributed by atoms with Crippen molar-refractivity contribution in [1.29, 1.82) is 0 Å². The molecule has 2 N–H and O–H groups in total. The Morgan fingerprint density at radius 3 is 2.84 bits per heavy atom. The number of thiocarbonyl (C=S) groups is 1. The highest BCUT2D eigenvalue weighted by atomic mass is 32.1. The van der Waals surface area contributed by atoms with Gasteiger partial charge in [-0.05, 0) is 32.5 Å². The Labute approximate surface area is 153 Å². The van der Waals surface area contributed by atoms with Crippen LogP contribution in [0.4, 0.5) is 5.69 Å². The molecule has 1 amide bonds. The van der Waals surface area contributed by atoms with Crippen molar-refractivity contribution in [3.8, 4) is 0 Å². The molecule has 8 nitrogen and oxygen atoms in total. The first-order valence-corrected chi connectivity index (χ1v) is 9.13. The third-order valence-corrected chi connectivity index (χ3v) is 4.09. The Bertz CT molecular complexity index is 572. The fraction of sp³-hybridized carbons (Fsp3) is 0.688.